The van der Waals surface area contributed by atoms with Crippen LogP contribution in [0.2, 0.25) is 10.0 Å². The Labute approximate surface area is 133 Å². The predicted molar refractivity (Wildman–Crippen MR) is 87.8 cm³/mol. The summed E-state index contributed by atoms with van der Waals surface area (Å²) in [6.07, 6.45) is 0. The van der Waals surface area contributed by atoms with Gasteiger partial charge in [-0.25, -0.2) is 4.98 Å². The average molecular weight is 320 g/mol. The molecule has 0 amide bonds. The van der Waals surface area contributed by atoms with Crippen molar-refractivity contribution in [2.45, 2.75) is 19.5 Å². The first-order chi connectivity index (χ1) is 10.1. The Balaban J connectivity index is 1.75. The predicted octanol–water partition coefficient (Wildman–Crippen LogP) is 4.72. The highest BCUT2D eigenvalue weighted by Crippen LogP contribution is 2.25. The summed E-state index contributed by atoms with van der Waals surface area (Å²) in [4.78, 5) is 7.91. The van der Waals surface area contributed by atoms with Crippen molar-refractivity contribution in [3.63, 3.8) is 0 Å². The van der Waals surface area contributed by atoms with Gasteiger partial charge in [-0.05, 0) is 31.2 Å². The van der Waals surface area contributed by atoms with E-state index >= 15 is 0 Å². The van der Waals surface area contributed by atoms with Gasteiger partial charge in [0.15, 0.2) is 0 Å². The van der Waals surface area contributed by atoms with Crippen molar-refractivity contribution in [1.82, 2.24) is 15.3 Å². The van der Waals surface area contributed by atoms with Crippen LogP contribution >= 0.6 is 23.2 Å². The maximum absolute atomic E-state index is 6.18. The van der Waals surface area contributed by atoms with E-state index in [1.165, 1.54) is 0 Å². The highest BCUT2D eigenvalue weighted by molar-refractivity contribution is 6.35. The van der Waals surface area contributed by atoms with Gasteiger partial charge in [-0.2, -0.15) is 0 Å². The first-order valence-corrected chi connectivity index (χ1v) is 7.51. The number of aromatic amines is 1. The van der Waals surface area contributed by atoms with E-state index in [1.54, 1.807) is 0 Å². The van der Waals surface area contributed by atoms with Gasteiger partial charge in [0.1, 0.15) is 5.82 Å². The Hall–Kier alpha value is -1.55. The van der Waals surface area contributed by atoms with Crippen LogP contribution in [0.5, 0.6) is 0 Å². The molecule has 0 fully saturated rings. The molecule has 2 N–H and O–H groups in total. The SMILES string of the molecule is CC(NCc1c(Cl)cccc1Cl)c1nc2ccccc2[nH]1. The number of hydrogen-bond acceptors (Lipinski definition) is 2. The van der Waals surface area contributed by atoms with E-state index in [1.807, 2.05) is 42.5 Å². The molecule has 0 aliphatic carbocycles. The van der Waals surface area contributed by atoms with Gasteiger partial charge in [0, 0.05) is 22.2 Å². The van der Waals surface area contributed by atoms with E-state index in [9.17, 15) is 0 Å². The molecular weight excluding hydrogens is 305 g/mol. The van der Waals surface area contributed by atoms with Gasteiger partial charge in [-0.1, -0.05) is 41.4 Å². The van der Waals surface area contributed by atoms with Crippen molar-refractivity contribution >= 4 is 34.2 Å². The van der Waals surface area contributed by atoms with Crippen molar-refractivity contribution in [3.8, 4) is 0 Å². The number of aromatic nitrogens is 2. The van der Waals surface area contributed by atoms with Crippen LogP contribution in [-0.4, -0.2) is 9.97 Å². The number of rotatable bonds is 4. The summed E-state index contributed by atoms with van der Waals surface area (Å²) < 4.78 is 0. The van der Waals surface area contributed by atoms with Crippen LogP contribution in [0.25, 0.3) is 11.0 Å². The minimum atomic E-state index is 0.0738. The summed E-state index contributed by atoms with van der Waals surface area (Å²) in [7, 11) is 0. The smallest absolute Gasteiger partial charge is 0.124 e. The fourth-order valence-corrected chi connectivity index (χ4v) is 2.76. The normalized spacial score (nSPS) is 12.7. The molecule has 21 heavy (non-hydrogen) atoms. The van der Waals surface area contributed by atoms with E-state index in [4.69, 9.17) is 23.2 Å². The molecule has 108 valence electrons. The Morgan fingerprint density at radius 3 is 2.52 bits per heavy atom. The third-order valence-corrected chi connectivity index (χ3v) is 4.17. The van der Waals surface area contributed by atoms with Gasteiger partial charge in [-0.3, -0.25) is 0 Å². The first-order valence-electron chi connectivity index (χ1n) is 6.76. The number of para-hydroxylation sites is 2. The molecule has 0 aliphatic rings. The number of hydrogen-bond donors (Lipinski definition) is 2. The lowest BCUT2D eigenvalue weighted by Crippen LogP contribution is -2.19. The minimum Gasteiger partial charge on any atom is -0.341 e. The molecule has 3 rings (SSSR count). The molecule has 1 heterocycles. The first kappa shape index (κ1) is 14.4. The molecule has 0 aliphatic heterocycles. The van der Waals surface area contributed by atoms with Gasteiger partial charge in [0.2, 0.25) is 0 Å². The van der Waals surface area contributed by atoms with Crippen LogP contribution in [0.15, 0.2) is 42.5 Å². The average Bonchev–Trinajstić information content (AvgIpc) is 2.90. The van der Waals surface area contributed by atoms with Crippen LogP contribution < -0.4 is 5.32 Å². The van der Waals surface area contributed by atoms with Crippen molar-refractivity contribution in [1.29, 1.82) is 0 Å². The molecule has 0 radical (unpaired) electrons. The number of imidazole rings is 1. The maximum Gasteiger partial charge on any atom is 0.124 e. The molecule has 1 aromatic heterocycles. The number of fused-ring (bicyclic) bond motifs is 1. The lowest BCUT2D eigenvalue weighted by Gasteiger charge is -2.13. The Morgan fingerprint density at radius 2 is 1.81 bits per heavy atom. The molecule has 2 aromatic carbocycles. The lowest BCUT2D eigenvalue weighted by atomic mass is 10.2. The Bertz CT molecular complexity index is 714. The molecule has 0 bridgehead atoms. The summed E-state index contributed by atoms with van der Waals surface area (Å²) in [6, 6.07) is 13.6. The summed E-state index contributed by atoms with van der Waals surface area (Å²) in [5.41, 5.74) is 2.91. The number of H-pyrrole nitrogens is 1. The van der Waals surface area contributed by atoms with Gasteiger partial charge in [-0.15, -0.1) is 0 Å². The zero-order chi connectivity index (χ0) is 14.8. The number of nitrogens with zero attached hydrogens (tertiary/aromatic N) is 1. The van der Waals surface area contributed by atoms with Crippen LogP contribution in [0.3, 0.4) is 0 Å². The summed E-state index contributed by atoms with van der Waals surface area (Å²) >= 11 is 12.4. The molecule has 0 saturated heterocycles. The molecule has 3 nitrogen and oxygen atoms in total. The minimum absolute atomic E-state index is 0.0738. The molecule has 3 aromatic rings. The van der Waals surface area contributed by atoms with Gasteiger partial charge in [0.05, 0.1) is 17.1 Å². The Kier molecular flexibility index (Phi) is 4.15. The molecule has 0 saturated carbocycles. The van der Waals surface area contributed by atoms with E-state index in [2.05, 4.69) is 22.2 Å². The zero-order valence-corrected chi connectivity index (χ0v) is 13.0. The quantitative estimate of drug-likeness (QED) is 0.730. The van der Waals surface area contributed by atoms with Crippen LogP contribution in [0.4, 0.5) is 0 Å². The third-order valence-electron chi connectivity index (χ3n) is 3.46. The maximum atomic E-state index is 6.18. The topological polar surface area (TPSA) is 40.7 Å². The molecule has 1 unspecified atom stereocenters. The summed E-state index contributed by atoms with van der Waals surface area (Å²) in [5.74, 6) is 0.902. The molecule has 0 spiro atoms. The van der Waals surface area contributed by atoms with E-state index in [0.29, 0.717) is 16.6 Å². The fraction of sp³-hybridized carbons (Fsp3) is 0.188. The van der Waals surface area contributed by atoms with Crippen molar-refractivity contribution < 1.29 is 0 Å². The highest BCUT2D eigenvalue weighted by atomic mass is 35.5. The Morgan fingerprint density at radius 1 is 1.10 bits per heavy atom. The number of nitrogens with one attached hydrogen (secondary N) is 2. The largest absolute Gasteiger partial charge is 0.341 e. The van der Waals surface area contributed by atoms with E-state index in [-0.39, 0.29) is 6.04 Å². The van der Waals surface area contributed by atoms with Crippen molar-refractivity contribution in [3.05, 3.63) is 63.9 Å². The van der Waals surface area contributed by atoms with Crippen LogP contribution in [0.1, 0.15) is 24.4 Å². The fourth-order valence-electron chi connectivity index (χ4n) is 2.23. The van der Waals surface area contributed by atoms with Crippen LogP contribution in [0, 0.1) is 0 Å². The third kappa shape index (κ3) is 3.05. The molecule has 5 heteroatoms. The molecule has 1 atom stereocenters. The van der Waals surface area contributed by atoms with Gasteiger partial charge >= 0.3 is 0 Å². The van der Waals surface area contributed by atoms with Crippen molar-refractivity contribution in [2.75, 3.05) is 0 Å². The van der Waals surface area contributed by atoms with E-state index < -0.39 is 0 Å². The monoisotopic (exact) mass is 319 g/mol. The second kappa shape index (κ2) is 6.06. The zero-order valence-electron chi connectivity index (χ0n) is 11.5. The lowest BCUT2D eigenvalue weighted by molar-refractivity contribution is 0.552. The second-order valence-corrected chi connectivity index (χ2v) is 5.76. The summed E-state index contributed by atoms with van der Waals surface area (Å²) in [5, 5.41) is 4.74. The van der Waals surface area contributed by atoms with Crippen LogP contribution in [-0.2, 0) is 6.54 Å². The van der Waals surface area contributed by atoms with Gasteiger partial charge in [0.25, 0.3) is 0 Å². The van der Waals surface area contributed by atoms with Gasteiger partial charge < -0.3 is 10.3 Å². The van der Waals surface area contributed by atoms with E-state index in [0.717, 1.165) is 22.4 Å². The second-order valence-electron chi connectivity index (χ2n) is 4.94. The standard InChI is InChI=1S/C16H15Cl2N3/c1-10(16-20-14-7-2-3-8-15(14)21-16)19-9-11-12(17)5-4-6-13(11)18/h2-8,10,19H,9H2,1H3,(H,20,21). The number of benzene rings is 2. The highest BCUT2D eigenvalue weighted by Gasteiger charge is 2.12. The van der Waals surface area contributed by atoms with Crippen molar-refractivity contribution in [2.24, 2.45) is 0 Å². The number of halogens is 2. The summed E-state index contributed by atoms with van der Waals surface area (Å²) in [6.45, 7) is 2.65. The molecular formula is C16H15Cl2N3.